The van der Waals surface area contributed by atoms with Gasteiger partial charge in [0.1, 0.15) is 17.0 Å². The van der Waals surface area contributed by atoms with Gasteiger partial charge in [0.2, 0.25) is 5.91 Å². The van der Waals surface area contributed by atoms with Crippen LogP contribution in [0, 0.1) is 0 Å². The van der Waals surface area contributed by atoms with E-state index in [0.717, 1.165) is 0 Å². The molecule has 0 aliphatic rings. The number of amides is 1. The third-order valence-electron chi connectivity index (χ3n) is 4.24. The number of aromatic nitrogens is 2. The van der Waals surface area contributed by atoms with E-state index >= 15 is 0 Å². The molecule has 0 bridgehead atoms. The van der Waals surface area contributed by atoms with Crippen molar-refractivity contribution in [2.24, 2.45) is 0 Å². The highest BCUT2D eigenvalue weighted by Gasteiger charge is 2.16. The highest BCUT2D eigenvalue weighted by molar-refractivity contribution is 7.17. The molecule has 1 N–H and O–H groups in total. The quantitative estimate of drug-likeness (QED) is 0.580. The van der Waals surface area contributed by atoms with E-state index in [4.69, 9.17) is 9.47 Å². The molecule has 1 amide bonds. The fourth-order valence-electron chi connectivity index (χ4n) is 2.87. The van der Waals surface area contributed by atoms with Gasteiger partial charge in [0.25, 0.3) is 5.56 Å². The molecule has 0 spiro atoms. The normalized spacial score (nSPS) is 10.9. The molecule has 0 radical (unpaired) electrons. The summed E-state index contributed by atoms with van der Waals surface area (Å²) >= 11 is 1.26. The van der Waals surface area contributed by atoms with Crippen LogP contribution in [-0.2, 0) is 22.6 Å². The topological polar surface area (TPSA) is 91.6 Å². The van der Waals surface area contributed by atoms with Crippen LogP contribution < -0.4 is 21.3 Å². The first kappa shape index (κ1) is 19.8. The van der Waals surface area contributed by atoms with Gasteiger partial charge in [0.15, 0.2) is 0 Å². The Labute approximate surface area is 164 Å². The molecule has 3 aromatic rings. The Morgan fingerprint density at radius 2 is 1.86 bits per heavy atom. The molecule has 2 aromatic heterocycles. The molecule has 9 heteroatoms. The van der Waals surface area contributed by atoms with Gasteiger partial charge in [-0.15, -0.1) is 11.3 Å². The molecule has 2 heterocycles. The monoisotopic (exact) mass is 403 g/mol. The number of thiophene rings is 1. The second-order valence-corrected chi connectivity index (χ2v) is 7.00. The van der Waals surface area contributed by atoms with Crippen molar-refractivity contribution in [3.63, 3.8) is 0 Å². The van der Waals surface area contributed by atoms with Gasteiger partial charge in [-0.3, -0.25) is 18.7 Å². The summed E-state index contributed by atoms with van der Waals surface area (Å²) in [5.74, 6) is 0.319. The van der Waals surface area contributed by atoms with E-state index < -0.39 is 5.69 Å². The Balaban J connectivity index is 1.88. The van der Waals surface area contributed by atoms with Crippen molar-refractivity contribution in [3.8, 4) is 5.75 Å². The highest BCUT2D eigenvalue weighted by atomic mass is 32.1. The Hall–Kier alpha value is -2.91. The van der Waals surface area contributed by atoms with Gasteiger partial charge in [0.05, 0.1) is 12.6 Å². The molecule has 0 unspecified atom stereocenters. The molecule has 0 aliphatic carbocycles. The number of fused-ring (bicyclic) bond motifs is 1. The number of methoxy groups -OCH3 is 2. The number of rotatable bonds is 8. The molecular formula is C19H21N3O5S. The summed E-state index contributed by atoms with van der Waals surface area (Å²) in [5, 5.41) is 4.49. The lowest BCUT2D eigenvalue weighted by Crippen LogP contribution is -2.41. The van der Waals surface area contributed by atoms with E-state index in [2.05, 4.69) is 5.32 Å². The average Bonchev–Trinajstić information content (AvgIpc) is 3.18. The zero-order valence-electron chi connectivity index (χ0n) is 15.6. The minimum atomic E-state index is -0.503. The zero-order valence-corrected chi connectivity index (χ0v) is 16.5. The standard InChI is InChI=1S/C19H21N3O5S/c1-26-10-3-9-21-18(24)17-15(8-11-28-17)22(19(21)25)12-16(23)20-13-4-6-14(27-2)7-5-13/h4-8,11H,3,9-10,12H2,1-2H3,(H,20,23). The fraction of sp³-hybridized carbons (Fsp3) is 0.316. The van der Waals surface area contributed by atoms with E-state index in [9.17, 15) is 14.4 Å². The molecule has 0 fully saturated rings. The molecule has 0 atom stereocenters. The first-order valence-corrected chi connectivity index (χ1v) is 9.56. The Morgan fingerprint density at radius 3 is 2.54 bits per heavy atom. The molecule has 0 aliphatic heterocycles. The number of carbonyl (C=O) groups excluding carboxylic acids is 1. The van der Waals surface area contributed by atoms with Crippen LogP contribution in [0.1, 0.15) is 6.42 Å². The minimum Gasteiger partial charge on any atom is -0.497 e. The van der Waals surface area contributed by atoms with E-state index in [1.54, 1.807) is 49.9 Å². The summed E-state index contributed by atoms with van der Waals surface area (Å²) in [6.45, 7) is 0.481. The van der Waals surface area contributed by atoms with E-state index in [0.29, 0.717) is 34.7 Å². The number of hydrogen-bond acceptors (Lipinski definition) is 6. The van der Waals surface area contributed by atoms with Crippen molar-refractivity contribution in [2.45, 2.75) is 19.5 Å². The molecule has 148 valence electrons. The van der Waals surface area contributed by atoms with Crippen molar-refractivity contribution >= 4 is 33.1 Å². The predicted molar refractivity (Wildman–Crippen MR) is 108 cm³/mol. The number of hydrogen-bond donors (Lipinski definition) is 1. The van der Waals surface area contributed by atoms with Gasteiger partial charge in [-0.2, -0.15) is 0 Å². The maximum Gasteiger partial charge on any atom is 0.332 e. The van der Waals surface area contributed by atoms with Crippen molar-refractivity contribution < 1.29 is 14.3 Å². The van der Waals surface area contributed by atoms with Crippen LogP contribution in [0.3, 0.4) is 0 Å². The van der Waals surface area contributed by atoms with Crippen molar-refractivity contribution in [2.75, 3.05) is 26.1 Å². The van der Waals surface area contributed by atoms with Crippen LogP contribution in [0.4, 0.5) is 5.69 Å². The molecule has 3 rings (SSSR count). The smallest absolute Gasteiger partial charge is 0.332 e. The molecule has 1 aromatic carbocycles. The zero-order chi connectivity index (χ0) is 20.1. The average molecular weight is 403 g/mol. The summed E-state index contributed by atoms with van der Waals surface area (Å²) in [7, 11) is 3.13. The largest absolute Gasteiger partial charge is 0.497 e. The number of benzene rings is 1. The third kappa shape index (κ3) is 4.15. The van der Waals surface area contributed by atoms with Crippen LogP contribution in [0.5, 0.6) is 5.75 Å². The van der Waals surface area contributed by atoms with E-state index in [1.807, 2.05) is 0 Å². The van der Waals surface area contributed by atoms with Gasteiger partial charge in [-0.05, 0) is 42.1 Å². The molecular weight excluding hydrogens is 382 g/mol. The van der Waals surface area contributed by atoms with Gasteiger partial charge in [-0.25, -0.2) is 4.79 Å². The summed E-state index contributed by atoms with van der Waals surface area (Å²) in [6, 6.07) is 8.57. The van der Waals surface area contributed by atoms with E-state index in [-0.39, 0.29) is 24.6 Å². The molecule has 0 saturated carbocycles. The number of anilines is 1. The first-order chi connectivity index (χ1) is 13.5. The summed E-state index contributed by atoms with van der Waals surface area (Å²) in [6.07, 6.45) is 0.528. The number of nitrogens with zero attached hydrogens (tertiary/aromatic N) is 2. The maximum atomic E-state index is 12.9. The number of ether oxygens (including phenoxy) is 2. The van der Waals surface area contributed by atoms with Crippen LogP contribution in [0.2, 0.25) is 0 Å². The van der Waals surface area contributed by atoms with Crippen LogP contribution in [-0.4, -0.2) is 35.9 Å². The van der Waals surface area contributed by atoms with Gasteiger partial charge in [0, 0.05) is 25.9 Å². The molecule has 28 heavy (non-hydrogen) atoms. The highest BCUT2D eigenvalue weighted by Crippen LogP contribution is 2.17. The Bertz CT molecular complexity index is 1080. The van der Waals surface area contributed by atoms with Crippen LogP contribution >= 0.6 is 11.3 Å². The van der Waals surface area contributed by atoms with Gasteiger partial charge >= 0.3 is 5.69 Å². The summed E-state index contributed by atoms with van der Waals surface area (Å²) in [5.41, 5.74) is 0.219. The summed E-state index contributed by atoms with van der Waals surface area (Å²) in [4.78, 5) is 38.0. The van der Waals surface area contributed by atoms with E-state index in [1.165, 1.54) is 20.5 Å². The second kappa shape index (κ2) is 8.85. The maximum absolute atomic E-state index is 12.9. The Morgan fingerprint density at radius 1 is 1.11 bits per heavy atom. The summed E-state index contributed by atoms with van der Waals surface area (Å²) < 4.78 is 13.0. The van der Waals surface area contributed by atoms with Crippen molar-refractivity contribution in [1.82, 2.24) is 9.13 Å². The molecule has 0 saturated heterocycles. The van der Waals surface area contributed by atoms with Gasteiger partial charge < -0.3 is 14.8 Å². The lowest BCUT2D eigenvalue weighted by molar-refractivity contribution is -0.116. The minimum absolute atomic E-state index is 0.192. The predicted octanol–water partition coefficient (Wildman–Crippen LogP) is 1.91. The van der Waals surface area contributed by atoms with Crippen LogP contribution in [0.15, 0.2) is 45.3 Å². The third-order valence-corrected chi connectivity index (χ3v) is 5.13. The van der Waals surface area contributed by atoms with Gasteiger partial charge in [-0.1, -0.05) is 0 Å². The van der Waals surface area contributed by atoms with Crippen molar-refractivity contribution in [1.29, 1.82) is 0 Å². The van der Waals surface area contributed by atoms with Crippen molar-refractivity contribution in [3.05, 3.63) is 56.5 Å². The first-order valence-electron chi connectivity index (χ1n) is 8.69. The Kier molecular flexibility index (Phi) is 6.27. The number of carbonyl (C=O) groups is 1. The lowest BCUT2D eigenvalue weighted by Gasteiger charge is -2.12. The SMILES string of the molecule is COCCCn1c(=O)c2sccc2n(CC(=O)Nc2ccc(OC)cc2)c1=O. The van der Waals surface area contributed by atoms with Crippen LogP contribution in [0.25, 0.3) is 10.2 Å². The molecule has 8 nitrogen and oxygen atoms in total. The fourth-order valence-corrected chi connectivity index (χ4v) is 3.71. The number of nitrogens with one attached hydrogen (secondary N) is 1. The lowest BCUT2D eigenvalue weighted by atomic mass is 10.3. The second-order valence-electron chi connectivity index (χ2n) is 6.08.